The van der Waals surface area contributed by atoms with Crippen LogP contribution in [0, 0.1) is 0 Å². The standard InChI is InChI=1S/C17H17N5OS/c1-12(23)20-17-9-16-13(10-18-17)11-19-22(16)15-5-2-4-14(8-15)21-6-3-7-24-21/h2,4-5,8-11H,3,6-7H2,1H3,(H,18,20,23). The smallest absolute Gasteiger partial charge is 0.222 e. The number of hydrogen-bond acceptors (Lipinski definition) is 5. The molecule has 0 atom stereocenters. The molecule has 3 aromatic rings. The summed E-state index contributed by atoms with van der Waals surface area (Å²) in [6.45, 7) is 2.55. The predicted octanol–water partition coefficient (Wildman–Crippen LogP) is 3.24. The molecule has 3 heterocycles. The molecule has 4 rings (SSSR count). The number of aromatic nitrogens is 3. The average Bonchev–Trinajstić information content (AvgIpc) is 3.24. The molecule has 0 radical (unpaired) electrons. The second kappa shape index (κ2) is 6.16. The Morgan fingerprint density at radius 3 is 2.92 bits per heavy atom. The van der Waals surface area contributed by atoms with Crippen molar-refractivity contribution < 1.29 is 4.79 Å². The molecule has 1 aliphatic rings. The van der Waals surface area contributed by atoms with Crippen LogP contribution in [0.2, 0.25) is 0 Å². The van der Waals surface area contributed by atoms with Crippen LogP contribution in [0.3, 0.4) is 0 Å². The van der Waals surface area contributed by atoms with E-state index in [9.17, 15) is 4.79 Å². The number of rotatable bonds is 3. The Bertz CT molecular complexity index is 901. The first-order valence-electron chi connectivity index (χ1n) is 7.83. The third-order valence-electron chi connectivity index (χ3n) is 3.87. The monoisotopic (exact) mass is 339 g/mol. The van der Waals surface area contributed by atoms with Crippen LogP contribution < -0.4 is 9.62 Å². The van der Waals surface area contributed by atoms with Crippen molar-refractivity contribution in [3.05, 3.63) is 42.7 Å². The van der Waals surface area contributed by atoms with E-state index in [0.29, 0.717) is 5.82 Å². The minimum Gasteiger partial charge on any atom is -0.316 e. The molecule has 0 aliphatic carbocycles. The highest BCUT2D eigenvalue weighted by Gasteiger charge is 2.15. The van der Waals surface area contributed by atoms with Gasteiger partial charge in [-0.15, -0.1) is 0 Å². The third-order valence-corrected chi connectivity index (χ3v) is 5.05. The van der Waals surface area contributed by atoms with Gasteiger partial charge in [-0.1, -0.05) is 6.07 Å². The van der Waals surface area contributed by atoms with E-state index in [1.54, 1.807) is 12.4 Å². The first kappa shape index (κ1) is 15.0. The van der Waals surface area contributed by atoms with Crippen molar-refractivity contribution in [1.29, 1.82) is 0 Å². The van der Waals surface area contributed by atoms with Crippen molar-refractivity contribution in [2.24, 2.45) is 0 Å². The van der Waals surface area contributed by atoms with Gasteiger partial charge < -0.3 is 9.62 Å². The number of carbonyl (C=O) groups excluding carboxylic acids is 1. The summed E-state index contributed by atoms with van der Waals surface area (Å²) in [6, 6.07) is 10.2. The first-order valence-corrected chi connectivity index (χ1v) is 8.77. The summed E-state index contributed by atoms with van der Waals surface area (Å²) in [6.07, 6.45) is 4.73. The van der Waals surface area contributed by atoms with Gasteiger partial charge in [0.1, 0.15) is 5.82 Å². The summed E-state index contributed by atoms with van der Waals surface area (Å²) in [5.74, 6) is 1.56. The zero-order valence-electron chi connectivity index (χ0n) is 13.3. The van der Waals surface area contributed by atoms with Gasteiger partial charge in [-0.3, -0.25) is 4.79 Å². The van der Waals surface area contributed by atoms with Gasteiger partial charge >= 0.3 is 0 Å². The van der Waals surface area contributed by atoms with E-state index in [1.165, 1.54) is 24.8 Å². The topological polar surface area (TPSA) is 63.1 Å². The van der Waals surface area contributed by atoms with Crippen LogP contribution in [0.5, 0.6) is 0 Å². The molecule has 0 spiro atoms. The maximum Gasteiger partial charge on any atom is 0.222 e. The predicted molar refractivity (Wildman–Crippen MR) is 97.6 cm³/mol. The molecule has 2 aromatic heterocycles. The van der Waals surface area contributed by atoms with Gasteiger partial charge in [0.25, 0.3) is 0 Å². The Morgan fingerprint density at radius 1 is 1.25 bits per heavy atom. The molecule has 6 nitrogen and oxygen atoms in total. The molecule has 7 heteroatoms. The zero-order chi connectivity index (χ0) is 16.5. The van der Waals surface area contributed by atoms with Crippen LogP contribution in [0.15, 0.2) is 42.7 Å². The molecule has 122 valence electrons. The maximum atomic E-state index is 11.3. The molecule has 1 fully saturated rings. The number of nitrogens with one attached hydrogen (secondary N) is 1. The molecule has 1 N–H and O–H groups in total. The molecular formula is C17H17N5OS. The molecule has 1 saturated heterocycles. The number of anilines is 2. The number of pyridine rings is 1. The fraction of sp³-hybridized carbons (Fsp3) is 0.235. The number of amides is 1. The normalized spacial score (nSPS) is 14.3. The minimum absolute atomic E-state index is 0.138. The lowest BCUT2D eigenvalue weighted by molar-refractivity contribution is -0.114. The lowest BCUT2D eigenvalue weighted by Crippen LogP contribution is -2.09. The van der Waals surface area contributed by atoms with E-state index >= 15 is 0 Å². The second-order valence-corrected chi connectivity index (χ2v) is 6.78. The summed E-state index contributed by atoms with van der Waals surface area (Å²) < 4.78 is 4.20. The maximum absolute atomic E-state index is 11.3. The summed E-state index contributed by atoms with van der Waals surface area (Å²) in [4.78, 5) is 15.5. The molecule has 1 aromatic carbocycles. The average molecular weight is 339 g/mol. The van der Waals surface area contributed by atoms with Gasteiger partial charge in [0.05, 0.1) is 17.4 Å². The lowest BCUT2D eigenvalue weighted by atomic mass is 10.2. The van der Waals surface area contributed by atoms with Crippen LogP contribution in [0.25, 0.3) is 16.6 Å². The fourth-order valence-corrected chi connectivity index (χ4v) is 3.81. The van der Waals surface area contributed by atoms with E-state index in [-0.39, 0.29) is 5.91 Å². The Morgan fingerprint density at radius 2 is 2.12 bits per heavy atom. The second-order valence-electron chi connectivity index (χ2n) is 5.67. The molecular weight excluding hydrogens is 322 g/mol. The van der Waals surface area contributed by atoms with Crippen molar-refractivity contribution in [3.63, 3.8) is 0 Å². The van der Waals surface area contributed by atoms with Crippen LogP contribution in [0.4, 0.5) is 11.5 Å². The Kier molecular flexibility index (Phi) is 3.86. The Labute approximate surface area is 144 Å². The third kappa shape index (κ3) is 2.82. The van der Waals surface area contributed by atoms with E-state index in [1.807, 2.05) is 34.8 Å². The number of benzene rings is 1. The molecule has 24 heavy (non-hydrogen) atoms. The van der Waals surface area contributed by atoms with E-state index < -0.39 is 0 Å². The van der Waals surface area contributed by atoms with Crippen molar-refractivity contribution in [1.82, 2.24) is 14.8 Å². The molecule has 0 bridgehead atoms. The Balaban J connectivity index is 1.75. The summed E-state index contributed by atoms with van der Waals surface area (Å²) >= 11 is 1.86. The van der Waals surface area contributed by atoms with E-state index in [4.69, 9.17) is 0 Å². The van der Waals surface area contributed by atoms with E-state index in [2.05, 4.69) is 31.8 Å². The van der Waals surface area contributed by atoms with Crippen LogP contribution in [-0.2, 0) is 4.79 Å². The molecule has 0 unspecified atom stereocenters. The van der Waals surface area contributed by atoms with Gasteiger partial charge in [-0.05, 0) is 36.6 Å². The lowest BCUT2D eigenvalue weighted by Gasteiger charge is -2.17. The fourth-order valence-electron chi connectivity index (χ4n) is 2.81. The van der Waals surface area contributed by atoms with Crippen molar-refractivity contribution >= 4 is 40.3 Å². The quantitative estimate of drug-likeness (QED) is 0.742. The van der Waals surface area contributed by atoms with Gasteiger partial charge in [-0.2, -0.15) is 5.10 Å². The molecule has 0 saturated carbocycles. The number of hydrogen-bond donors (Lipinski definition) is 1. The molecule has 1 aliphatic heterocycles. The van der Waals surface area contributed by atoms with E-state index in [0.717, 1.165) is 23.1 Å². The number of carbonyl (C=O) groups is 1. The van der Waals surface area contributed by atoms with Gasteiger partial charge in [0.2, 0.25) is 5.91 Å². The minimum atomic E-state index is -0.138. The summed E-state index contributed by atoms with van der Waals surface area (Å²) in [7, 11) is 0. The van der Waals surface area contributed by atoms with Crippen molar-refractivity contribution in [2.75, 3.05) is 21.9 Å². The zero-order valence-corrected chi connectivity index (χ0v) is 14.1. The van der Waals surface area contributed by atoms with Crippen molar-refractivity contribution in [2.45, 2.75) is 13.3 Å². The van der Waals surface area contributed by atoms with Crippen molar-refractivity contribution in [3.8, 4) is 5.69 Å². The number of fused-ring (bicyclic) bond motifs is 1. The van der Waals surface area contributed by atoms with Crippen LogP contribution in [0.1, 0.15) is 13.3 Å². The highest BCUT2D eigenvalue weighted by Crippen LogP contribution is 2.30. The van der Waals surface area contributed by atoms with Gasteiger partial charge in [0.15, 0.2) is 0 Å². The van der Waals surface area contributed by atoms with Crippen LogP contribution >= 0.6 is 11.9 Å². The highest BCUT2D eigenvalue weighted by atomic mass is 32.2. The summed E-state index contributed by atoms with van der Waals surface area (Å²) in [5, 5.41) is 8.15. The summed E-state index contributed by atoms with van der Waals surface area (Å²) in [5.41, 5.74) is 3.10. The Hall–Kier alpha value is -2.54. The SMILES string of the molecule is CC(=O)Nc1cc2c(cn1)cnn2-c1cccc(N2CCCS2)c1. The van der Waals surface area contributed by atoms with Gasteiger partial charge in [0, 0.05) is 42.6 Å². The van der Waals surface area contributed by atoms with Crippen LogP contribution in [-0.4, -0.2) is 33.0 Å². The van der Waals surface area contributed by atoms with Gasteiger partial charge in [-0.25, -0.2) is 9.67 Å². The first-order chi connectivity index (χ1) is 11.7. The number of nitrogens with zero attached hydrogens (tertiary/aromatic N) is 4. The highest BCUT2D eigenvalue weighted by molar-refractivity contribution is 8.00. The largest absolute Gasteiger partial charge is 0.316 e. The molecule has 1 amide bonds.